The molecule has 0 aliphatic rings. The van der Waals surface area contributed by atoms with Gasteiger partial charge in [0, 0.05) is 10.8 Å². The van der Waals surface area contributed by atoms with E-state index in [4.69, 9.17) is 0 Å². The molecule has 0 spiro atoms. The van der Waals surface area contributed by atoms with Gasteiger partial charge in [-0.3, -0.25) is 5.43 Å². The van der Waals surface area contributed by atoms with Crippen LogP contribution in [0.2, 0.25) is 0 Å². The van der Waals surface area contributed by atoms with E-state index in [0.29, 0.717) is 5.82 Å². The number of hydrogen-bond donors (Lipinski definition) is 1. The van der Waals surface area contributed by atoms with Crippen molar-refractivity contribution in [2.75, 3.05) is 5.43 Å². The average Bonchev–Trinajstić information content (AvgIpc) is 2.35. The third kappa shape index (κ3) is 3.25. The Morgan fingerprint density at radius 3 is 2.83 bits per heavy atom. The molecule has 0 bridgehead atoms. The predicted molar refractivity (Wildman–Crippen MR) is 61.3 cm³/mol. The molecule has 0 radical (unpaired) electrons. The SMILES string of the molecule is C/C(=N\Nc1nncc2ccccc12)C(=O)[O-].[Na+]. The Balaban J connectivity index is 0.00000162. The van der Waals surface area contributed by atoms with E-state index in [9.17, 15) is 9.90 Å². The van der Waals surface area contributed by atoms with Crippen molar-refractivity contribution in [2.24, 2.45) is 5.10 Å². The summed E-state index contributed by atoms with van der Waals surface area (Å²) in [5, 5.41) is 23.5. The van der Waals surface area contributed by atoms with Crippen molar-refractivity contribution in [3.63, 3.8) is 0 Å². The fourth-order valence-corrected chi connectivity index (χ4v) is 1.29. The maximum absolute atomic E-state index is 10.5. The minimum atomic E-state index is -1.33. The molecule has 86 valence electrons. The maximum Gasteiger partial charge on any atom is 1.00 e. The van der Waals surface area contributed by atoms with Gasteiger partial charge in [-0.25, -0.2) is 0 Å². The van der Waals surface area contributed by atoms with E-state index >= 15 is 0 Å². The quantitative estimate of drug-likeness (QED) is 0.361. The van der Waals surface area contributed by atoms with Crippen molar-refractivity contribution in [2.45, 2.75) is 6.92 Å². The first-order chi connectivity index (χ1) is 8.18. The monoisotopic (exact) mass is 252 g/mol. The third-order valence-electron chi connectivity index (χ3n) is 2.20. The largest absolute Gasteiger partial charge is 1.00 e. The molecule has 0 fully saturated rings. The molecule has 0 aliphatic heterocycles. The number of hydrogen-bond acceptors (Lipinski definition) is 6. The molecule has 1 aromatic carbocycles. The fourth-order valence-electron chi connectivity index (χ4n) is 1.29. The van der Waals surface area contributed by atoms with E-state index in [0.717, 1.165) is 10.8 Å². The van der Waals surface area contributed by atoms with Crippen LogP contribution in [0, 0.1) is 0 Å². The van der Waals surface area contributed by atoms with Crippen molar-refractivity contribution < 1.29 is 39.5 Å². The number of fused-ring (bicyclic) bond motifs is 1. The van der Waals surface area contributed by atoms with Crippen molar-refractivity contribution >= 4 is 28.3 Å². The number of carboxylic acids is 1. The Morgan fingerprint density at radius 1 is 1.39 bits per heavy atom. The number of carboxylic acid groups (broad SMARTS) is 1. The molecular weight excluding hydrogens is 243 g/mol. The van der Waals surface area contributed by atoms with Crippen molar-refractivity contribution in [3.8, 4) is 0 Å². The fraction of sp³-hybridized carbons (Fsp3) is 0.0909. The first kappa shape index (κ1) is 14.6. The number of carbonyl (C=O) groups excluding carboxylic acids is 1. The maximum atomic E-state index is 10.5. The molecule has 0 unspecified atom stereocenters. The van der Waals surface area contributed by atoms with Gasteiger partial charge in [0.05, 0.1) is 17.9 Å². The van der Waals surface area contributed by atoms with E-state index in [1.54, 1.807) is 6.20 Å². The normalized spacial score (nSPS) is 10.8. The standard InChI is InChI=1S/C11H10N4O2.Na/c1-7(11(16)17)13-15-10-9-5-3-2-4-8(9)6-12-14-10;/h2-6H,1H3,(H,14,15)(H,16,17);/q;+1/p-1/b13-7+;. The van der Waals surface area contributed by atoms with Gasteiger partial charge in [0.15, 0.2) is 5.82 Å². The summed E-state index contributed by atoms with van der Waals surface area (Å²) < 4.78 is 0. The number of aromatic nitrogens is 2. The molecule has 0 saturated heterocycles. The minimum Gasteiger partial charge on any atom is -0.543 e. The number of benzene rings is 1. The molecule has 0 amide bonds. The molecule has 1 heterocycles. The van der Waals surface area contributed by atoms with Gasteiger partial charge in [-0.2, -0.15) is 10.2 Å². The summed E-state index contributed by atoms with van der Waals surface area (Å²) in [6.45, 7) is 1.33. The number of nitrogens with zero attached hydrogens (tertiary/aromatic N) is 3. The van der Waals surface area contributed by atoms with Crippen LogP contribution in [-0.2, 0) is 4.79 Å². The van der Waals surface area contributed by atoms with Crippen LogP contribution in [-0.4, -0.2) is 21.9 Å². The second-order valence-corrected chi connectivity index (χ2v) is 3.38. The van der Waals surface area contributed by atoms with E-state index in [-0.39, 0.29) is 35.3 Å². The van der Waals surface area contributed by atoms with E-state index in [1.165, 1.54) is 6.92 Å². The zero-order chi connectivity index (χ0) is 12.3. The molecule has 0 atom stereocenters. The molecule has 7 heteroatoms. The Hall–Kier alpha value is -1.50. The predicted octanol–water partition coefficient (Wildman–Crippen LogP) is -2.83. The second-order valence-electron chi connectivity index (χ2n) is 3.38. The van der Waals surface area contributed by atoms with Crippen LogP contribution in [0.3, 0.4) is 0 Å². The summed E-state index contributed by atoms with van der Waals surface area (Å²) in [4.78, 5) is 10.5. The van der Waals surface area contributed by atoms with Gasteiger partial charge in [-0.1, -0.05) is 24.3 Å². The topological polar surface area (TPSA) is 90.3 Å². The van der Waals surface area contributed by atoms with E-state index in [2.05, 4.69) is 20.7 Å². The van der Waals surface area contributed by atoms with Gasteiger partial charge < -0.3 is 9.90 Å². The van der Waals surface area contributed by atoms with Crippen LogP contribution in [0.1, 0.15) is 6.92 Å². The number of aliphatic carboxylic acids is 1. The summed E-state index contributed by atoms with van der Waals surface area (Å²) in [7, 11) is 0. The number of nitrogens with one attached hydrogen (secondary N) is 1. The van der Waals surface area contributed by atoms with Crippen molar-refractivity contribution in [3.05, 3.63) is 30.5 Å². The van der Waals surface area contributed by atoms with Crippen LogP contribution in [0.4, 0.5) is 5.82 Å². The molecule has 18 heavy (non-hydrogen) atoms. The van der Waals surface area contributed by atoms with Crippen LogP contribution >= 0.6 is 0 Å². The molecule has 2 rings (SSSR count). The molecule has 1 aromatic heterocycles. The smallest absolute Gasteiger partial charge is 0.543 e. The summed E-state index contributed by atoms with van der Waals surface area (Å²) >= 11 is 0. The molecule has 0 aliphatic carbocycles. The van der Waals surface area contributed by atoms with Gasteiger partial charge >= 0.3 is 29.6 Å². The average molecular weight is 252 g/mol. The van der Waals surface area contributed by atoms with E-state index in [1.807, 2.05) is 24.3 Å². The van der Waals surface area contributed by atoms with Crippen molar-refractivity contribution in [1.29, 1.82) is 0 Å². The Labute approximate surface area is 125 Å². The Morgan fingerprint density at radius 2 is 2.11 bits per heavy atom. The number of anilines is 1. The van der Waals surface area contributed by atoms with Crippen LogP contribution in [0.25, 0.3) is 10.8 Å². The van der Waals surface area contributed by atoms with Crippen molar-refractivity contribution in [1.82, 2.24) is 10.2 Å². The first-order valence-corrected chi connectivity index (χ1v) is 4.90. The molecular formula is C11H9N4NaO2. The number of hydrazone groups is 1. The summed E-state index contributed by atoms with van der Waals surface area (Å²) in [6.07, 6.45) is 1.62. The van der Waals surface area contributed by atoms with E-state index < -0.39 is 5.97 Å². The van der Waals surface area contributed by atoms with Crippen LogP contribution < -0.4 is 40.1 Å². The first-order valence-electron chi connectivity index (χ1n) is 4.90. The van der Waals surface area contributed by atoms with Gasteiger partial charge in [0.25, 0.3) is 0 Å². The second kappa shape index (κ2) is 6.44. The zero-order valence-corrected chi connectivity index (χ0v) is 12.0. The third-order valence-corrected chi connectivity index (χ3v) is 2.20. The van der Waals surface area contributed by atoms with Gasteiger partial charge in [-0.05, 0) is 6.92 Å². The number of carbonyl (C=O) groups is 1. The van der Waals surface area contributed by atoms with Crippen LogP contribution in [0.5, 0.6) is 0 Å². The van der Waals surface area contributed by atoms with Gasteiger partial charge in [-0.15, -0.1) is 5.10 Å². The van der Waals surface area contributed by atoms with Gasteiger partial charge in [0.1, 0.15) is 0 Å². The Kier molecular flexibility index (Phi) is 5.21. The molecule has 2 aromatic rings. The Bertz CT molecular complexity index is 595. The summed E-state index contributed by atoms with van der Waals surface area (Å²) in [5.41, 5.74) is 2.41. The molecule has 0 saturated carbocycles. The number of rotatable bonds is 3. The molecule has 6 nitrogen and oxygen atoms in total. The summed E-state index contributed by atoms with van der Waals surface area (Å²) in [5.74, 6) is -0.922. The minimum absolute atomic E-state index is 0. The van der Waals surface area contributed by atoms with Crippen LogP contribution in [0.15, 0.2) is 35.6 Å². The zero-order valence-electron chi connectivity index (χ0n) is 10.0. The van der Waals surface area contributed by atoms with Gasteiger partial charge in [0.2, 0.25) is 0 Å². The summed E-state index contributed by atoms with van der Waals surface area (Å²) in [6, 6.07) is 7.45. The molecule has 1 N–H and O–H groups in total.